The Labute approximate surface area is 96.0 Å². The van der Waals surface area contributed by atoms with E-state index in [0.717, 1.165) is 24.3 Å². The highest BCUT2D eigenvalue weighted by Gasteiger charge is 2.37. The third-order valence-corrected chi connectivity index (χ3v) is 4.16. The number of aromatic nitrogens is 1. The summed E-state index contributed by atoms with van der Waals surface area (Å²) in [6.07, 6.45) is 6.96. The van der Waals surface area contributed by atoms with Crippen molar-refractivity contribution in [1.82, 2.24) is 15.4 Å². The second-order valence-corrected chi connectivity index (χ2v) is 5.09. The number of nitrogens with zero attached hydrogens (tertiary/aromatic N) is 2. The van der Waals surface area contributed by atoms with Crippen molar-refractivity contribution in [2.75, 3.05) is 7.05 Å². The van der Waals surface area contributed by atoms with Crippen LogP contribution in [0.3, 0.4) is 0 Å². The first-order chi connectivity index (χ1) is 7.83. The van der Waals surface area contributed by atoms with Gasteiger partial charge in [-0.25, -0.2) is 0 Å². The molecule has 2 aliphatic rings. The number of rotatable bonds is 3. The summed E-state index contributed by atoms with van der Waals surface area (Å²) in [6, 6.07) is 4.18. The molecule has 88 valence electrons. The van der Waals surface area contributed by atoms with Gasteiger partial charge in [-0.15, -0.1) is 0 Å². The van der Waals surface area contributed by atoms with Crippen molar-refractivity contribution in [3.63, 3.8) is 0 Å². The molecule has 2 unspecified atom stereocenters. The lowest BCUT2D eigenvalue weighted by atomic mass is 9.98. The molecule has 1 N–H and O–H groups in total. The Bertz CT molecular complexity index is 324. The van der Waals surface area contributed by atoms with Crippen LogP contribution in [0.5, 0.6) is 0 Å². The van der Waals surface area contributed by atoms with Crippen molar-refractivity contribution in [3.05, 3.63) is 18.0 Å². The third-order valence-electron chi connectivity index (χ3n) is 4.16. The van der Waals surface area contributed by atoms with Crippen molar-refractivity contribution in [2.24, 2.45) is 0 Å². The van der Waals surface area contributed by atoms with Gasteiger partial charge in [-0.3, -0.25) is 0 Å². The highest BCUT2D eigenvalue weighted by molar-refractivity contribution is 4.99. The molecule has 0 amide bonds. The van der Waals surface area contributed by atoms with E-state index in [0.29, 0.717) is 6.04 Å². The number of hydrogen-bond donors (Lipinski definition) is 1. The average Bonchev–Trinajstić information content (AvgIpc) is 2.84. The molecule has 1 aromatic rings. The van der Waals surface area contributed by atoms with Gasteiger partial charge in [-0.2, -0.15) is 0 Å². The highest BCUT2D eigenvalue weighted by atomic mass is 16.5. The van der Waals surface area contributed by atoms with E-state index in [4.69, 9.17) is 4.52 Å². The SMILES string of the molecule is CN1C2CCC1CC(NCc1ccon1)C2. The largest absolute Gasteiger partial charge is 0.364 e. The maximum Gasteiger partial charge on any atom is 0.124 e. The molecular weight excluding hydrogens is 202 g/mol. The molecule has 2 bridgehead atoms. The van der Waals surface area contributed by atoms with E-state index >= 15 is 0 Å². The van der Waals surface area contributed by atoms with Crippen LogP contribution >= 0.6 is 0 Å². The Morgan fingerprint density at radius 2 is 2.19 bits per heavy atom. The maximum absolute atomic E-state index is 4.83. The van der Waals surface area contributed by atoms with Crippen LogP contribution in [0.15, 0.2) is 16.9 Å². The van der Waals surface area contributed by atoms with Gasteiger partial charge in [0.15, 0.2) is 0 Å². The standard InChI is InChI=1S/C12H19N3O/c1-15-11-2-3-12(15)7-10(6-11)13-8-9-4-5-16-14-9/h4-5,10-13H,2-3,6-8H2,1H3. The third kappa shape index (κ3) is 1.87. The van der Waals surface area contributed by atoms with Crippen LogP contribution in [0.2, 0.25) is 0 Å². The Kier molecular flexibility index (Phi) is 2.69. The van der Waals surface area contributed by atoms with Crippen LogP contribution in [-0.2, 0) is 6.54 Å². The average molecular weight is 221 g/mol. The fourth-order valence-corrected chi connectivity index (χ4v) is 3.16. The van der Waals surface area contributed by atoms with Gasteiger partial charge in [0.25, 0.3) is 0 Å². The molecule has 0 saturated carbocycles. The van der Waals surface area contributed by atoms with Gasteiger partial charge in [0.1, 0.15) is 6.26 Å². The molecule has 4 heteroatoms. The molecule has 2 atom stereocenters. The van der Waals surface area contributed by atoms with Gasteiger partial charge < -0.3 is 14.7 Å². The predicted octanol–water partition coefficient (Wildman–Crippen LogP) is 1.39. The molecule has 2 aliphatic heterocycles. The van der Waals surface area contributed by atoms with Crippen molar-refractivity contribution in [2.45, 2.75) is 50.4 Å². The predicted molar refractivity (Wildman–Crippen MR) is 60.9 cm³/mol. The number of hydrogen-bond acceptors (Lipinski definition) is 4. The van der Waals surface area contributed by atoms with Gasteiger partial charge in [0, 0.05) is 30.7 Å². The van der Waals surface area contributed by atoms with Gasteiger partial charge >= 0.3 is 0 Å². The zero-order valence-electron chi connectivity index (χ0n) is 9.72. The van der Waals surface area contributed by atoms with Gasteiger partial charge in [-0.05, 0) is 32.7 Å². The molecule has 3 heterocycles. The lowest BCUT2D eigenvalue weighted by Crippen LogP contribution is -2.47. The molecule has 0 radical (unpaired) electrons. The van der Waals surface area contributed by atoms with Crippen molar-refractivity contribution in [1.29, 1.82) is 0 Å². The first kappa shape index (κ1) is 10.3. The van der Waals surface area contributed by atoms with E-state index < -0.39 is 0 Å². The van der Waals surface area contributed by atoms with Gasteiger partial charge in [-0.1, -0.05) is 5.16 Å². The summed E-state index contributed by atoms with van der Waals surface area (Å²) < 4.78 is 4.83. The Balaban J connectivity index is 1.54. The smallest absolute Gasteiger partial charge is 0.124 e. The van der Waals surface area contributed by atoms with Gasteiger partial charge in [0.2, 0.25) is 0 Å². The summed E-state index contributed by atoms with van der Waals surface area (Å²) in [4.78, 5) is 2.56. The first-order valence-corrected chi connectivity index (χ1v) is 6.17. The molecule has 16 heavy (non-hydrogen) atoms. The Morgan fingerprint density at radius 1 is 1.44 bits per heavy atom. The zero-order valence-corrected chi connectivity index (χ0v) is 9.72. The minimum Gasteiger partial charge on any atom is -0.364 e. The van der Waals surface area contributed by atoms with Crippen molar-refractivity contribution < 1.29 is 4.52 Å². The summed E-state index contributed by atoms with van der Waals surface area (Å²) in [5, 5.41) is 7.52. The highest BCUT2D eigenvalue weighted by Crippen LogP contribution is 2.34. The molecule has 3 rings (SSSR count). The van der Waals surface area contributed by atoms with Crippen LogP contribution in [0.25, 0.3) is 0 Å². The van der Waals surface area contributed by atoms with Crippen LogP contribution in [0, 0.1) is 0 Å². The van der Waals surface area contributed by atoms with E-state index in [-0.39, 0.29) is 0 Å². The van der Waals surface area contributed by atoms with E-state index in [1.54, 1.807) is 6.26 Å². The lowest BCUT2D eigenvalue weighted by molar-refractivity contribution is 0.148. The van der Waals surface area contributed by atoms with Crippen molar-refractivity contribution >= 4 is 0 Å². The minimum atomic E-state index is 0.658. The topological polar surface area (TPSA) is 41.3 Å². The molecular formula is C12H19N3O. The van der Waals surface area contributed by atoms with Gasteiger partial charge in [0.05, 0.1) is 5.69 Å². The number of nitrogens with one attached hydrogen (secondary N) is 1. The van der Waals surface area contributed by atoms with Crippen LogP contribution in [0.1, 0.15) is 31.4 Å². The summed E-state index contributed by atoms with van der Waals surface area (Å²) >= 11 is 0. The van der Waals surface area contributed by atoms with Crippen molar-refractivity contribution in [3.8, 4) is 0 Å². The quantitative estimate of drug-likeness (QED) is 0.837. The molecule has 0 aromatic carbocycles. The summed E-state index contributed by atoms with van der Waals surface area (Å²) in [5.74, 6) is 0. The minimum absolute atomic E-state index is 0.658. The summed E-state index contributed by atoms with van der Waals surface area (Å²) in [7, 11) is 2.27. The molecule has 2 saturated heterocycles. The van der Waals surface area contributed by atoms with E-state index in [9.17, 15) is 0 Å². The number of piperidine rings is 1. The molecule has 2 fully saturated rings. The Morgan fingerprint density at radius 3 is 2.81 bits per heavy atom. The first-order valence-electron chi connectivity index (χ1n) is 6.17. The summed E-state index contributed by atoms with van der Waals surface area (Å²) in [6.45, 7) is 0.838. The zero-order chi connectivity index (χ0) is 11.0. The lowest BCUT2D eigenvalue weighted by Gasteiger charge is -2.36. The second-order valence-electron chi connectivity index (χ2n) is 5.09. The van der Waals surface area contributed by atoms with E-state index in [1.165, 1.54) is 25.7 Å². The van der Waals surface area contributed by atoms with E-state index in [2.05, 4.69) is 22.4 Å². The molecule has 0 aliphatic carbocycles. The molecule has 4 nitrogen and oxygen atoms in total. The van der Waals surface area contributed by atoms with Crippen LogP contribution in [-0.4, -0.2) is 35.2 Å². The Hall–Kier alpha value is -0.870. The number of fused-ring (bicyclic) bond motifs is 2. The summed E-state index contributed by atoms with van der Waals surface area (Å²) in [5.41, 5.74) is 1.01. The molecule has 0 spiro atoms. The van der Waals surface area contributed by atoms with Crippen LogP contribution < -0.4 is 5.32 Å². The maximum atomic E-state index is 4.83. The monoisotopic (exact) mass is 221 g/mol. The normalized spacial score (nSPS) is 34.4. The van der Waals surface area contributed by atoms with Crippen LogP contribution in [0.4, 0.5) is 0 Å². The molecule has 1 aromatic heterocycles. The second kappa shape index (κ2) is 4.18. The van der Waals surface area contributed by atoms with E-state index in [1.807, 2.05) is 6.07 Å². The fraction of sp³-hybridized carbons (Fsp3) is 0.750. The fourth-order valence-electron chi connectivity index (χ4n) is 3.16.